The summed E-state index contributed by atoms with van der Waals surface area (Å²) in [6.07, 6.45) is 0. The first kappa shape index (κ1) is 13.0. The maximum Gasteiger partial charge on any atom is 0.133 e. The van der Waals surface area contributed by atoms with Crippen LogP contribution in [0.5, 0.6) is 0 Å². The monoisotopic (exact) mass is 281 g/mol. The number of nitrogens with two attached hydrogens (primary N) is 1. The Morgan fingerprint density at radius 2 is 1.94 bits per heavy atom. The van der Waals surface area contributed by atoms with Crippen molar-refractivity contribution in [2.24, 2.45) is 0 Å². The Morgan fingerprint density at radius 1 is 1.22 bits per heavy atom. The highest BCUT2D eigenvalue weighted by atomic mass is 35.5. The second kappa shape index (κ2) is 5.46. The zero-order valence-electron chi connectivity index (χ0n) is 9.82. The van der Waals surface area contributed by atoms with E-state index < -0.39 is 0 Å². The summed E-state index contributed by atoms with van der Waals surface area (Å²) in [6.45, 7) is 2.00. The first-order valence-corrected chi connectivity index (χ1v) is 6.26. The summed E-state index contributed by atoms with van der Waals surface area (Å²) in [4.78, 5) is 4.16. The van der Waals surface area contributed by atoms with E-state index in [0.717, 1.165) is 5.56 Å². The fourth-order valence-corrected chi connectivity index (χ4v) is 2.23. The Bertz CT molecular complexity index is 537. The van der Waals surface area contributed by atoms with E-state index in [1.54, 1.807) is 12.1 Å². The van der Waals surface area contributed by atoms with Gasteiger partial charge in [-0.15, -0.1) is 0 Å². The molecule has 0 spiro atoms. The Labute approximate surface area is 116 Å². The highest BCUT2D eigenvalue weighted by molar-refractivity contribution is 6.31. The van der Waals surface area contributed by atoms with Crippen LogP contribution in [0.2, 0.25) is 10.2 Å². The second-order valence-corrected chi connectivity index (χ2v) is 4.79. The number of halogens is 2. The number of anilines is 2. The van der Waals surface area contributed by atoms with Gasteiger partial charge in [-0.2, -0.15) is 0 Å². The molecule has 0 aliphatic carbocycles. The Kier molecular flexibility index (Phi) is 3.94. The van der Waals surface area contributed by atoms with Crippen molar-refractivity contribution in [1.82, 2.24) is 4.98 Å². The normalized spacial score (nSPS) is 12.2. The van der Waals surface area contributed by atoms with E-state index in [0.29, 0.717) is 21.7 Å². The third kappa shape index (κ3) is 3.06. The molecule has 1 aromatic carbocycles. The van der Waals surface area contributed by atoms with Crippen LogP contribution in [0, 0.1) is 0 Å². The molecule has 1 atom stereocenters. The van der Waals surface area contributed by atoms with Crippen LogP contribution in [0.3, 0.4) is 0 Å². The van der Waals surface area contributed by atoms with E-state index in [2.05, 4.69) is 10.3 Å². The predicted molar refractivity (Wildman–Crippen MR) is 77.1 cm³/mol. The third-order valence-electron chi connectivity index (χ3n) is 2.55. The van der Waals surface area contributed by atoms with Crippen LogP contribution < -0.4 is 11.1 Å². The molecule has 0 amide bonds. The topological polar surface area (TPSA) is 50.9 Å². The largest absolute Gasteiger partial charge is 0.399 e. The molecule has 94 valence electrons. The van der Waals surface area contributed by atoms with Gasteiger partial charge in [0.15, 0.2) is 0 Å². The van der Waals surface area contributed by atoms with Gasteiger partial charge in [-0.05, 0) is 24.6 Å². The molecule has 0 saturated carbocycles. The van der Waals surface area contributed by atoms with E-state index >= 15 is 0 Å². The highest BCUT2D eigenvalue weighted by Gasteiger charge is 2.10. The van der Waals surface area contributed by atoms with E-state index in [-0.39, 0.29) is 6.04 Å². The number of nitrogens with one attached hydrogen (secondary N) is 1. The molecule has 0 radical (unpaired) electrons. The smallest absolute Gasteiger partial charge is 0.133 e. The van der Waals surface area contributed by atoms with Crippen molar-refractivity contribution in [3.63, 3.8) is 0 Å². The summed E-state index contributed by atoms with van der Waals surface area (Å²) in [5.74, 6) is 0.632. The summed E-state index contributed by atoms with van der Waals surface area (Å²) in [6, 6.07) is 11.0. The van der Waals surface area contributed by atoms with Crippen LogP contribution in [0.1, 0.15) is 18.5 Å². The maximum atomic E-state index is 6.14. The fraction of sp³-hybridized carbons (Fsp3) is 0.154. The number of nitrogens with zero attached hydrogens (tertiary/aromatic N) is 1. The van der Waals surface area contributed by atoms with Crippen LogP contribution in [0.4, 0.5) is 11.5 Å². The molecule has 1 aromatic heterocycles. The highest BCUT2D eigenvalue weighted by Crippen LogP contribution is 2.26. The molecule has 1 heterocycles. The molecule has 2 rings (SSSR count). The van der Waals surface area contributed by atoms with Crippen LogP contribution in [0.25, 0.3) is 0 Å². The summed E-state index contributed by atoms with van der Waals surface area (Å²) in [5, 5.41) is 4.30. The quantitative estimate of drug-likeness (QED) is 0.832. The average molecular weight is 282 g/mol. The molecule has 3 nitrogen and oxygen atoms in total. The fourth-order valence-electron chi connectivity index (χ4n) is 1.72. The molecule has 0 saturated heterocycles. The van der Waals surface area contributed by atoms with Gasteiger partial charge in [-0.25, -0.2) is 4.98 Å². The van der Waals surface area contributed by atoms with Crippen molar-refractivity contribution in [3.8, 4) is 0 Å². The lowest BCUT2D eigenvalue weighted by Gasteiger charge is -2.16. The lowest BCUT2D eigenvalue weighted by molar-refractivity contribution is 0.875. The molecule has 0 bridgehead atoms. The number of hydrogen-bond donors (Lipinski definition) is 2. The van der Waals surface area contributed by atoms with Crippen LogP contribution in [-0.2, 0) is 0 Å². The maximum absolute atomic E-state index is 6.14. The van der Waals surface area contributed by atoms with Gasteiger partial charge in [0.1, 0.15) is 11.0 Å². The first-order valence-electron chi connectivity index (χ1n) is 5.50. The van der Waals surface area contributed by atoms with E-state index in [1.807, 2.05) is 31.2 Å². The molecule has 3 N–H and O–H groups in total. The lowest BCUT2D eigenvalue weighted by atomic mass is 10.1. The number of pyridine rings is 1. The zero-order valence-corrected chi connectivity index (χ0v) is 11.3. The van der Waals surface area contributed by atoms with Crippen molar-refractivity contribution in [2.45, 2.75) is 13.0 Å². The minimum absolute atomic E-state index is 0.0177. The van der Waals surface area contributed by atoms with Crippen molar-refractivity contribution >= 4 is 34.7 Å². The number of aromatic nitrogens is 1. The van der Waals surface area contributed by atoms with Crippen molar-refractivity contribution in [1.29, 1.82) is 0 Å². The van der Waals surface area contributed by atoms with Gasteiger partial charge >= 0.3 is 0 Å². The van der Waals surface area contributed by atoms with Crippen molar-refractivity contribution in [3.05, 3.63) is 52.1 Å². The van der Waals surface area contributed by atoms with Gasteiger partial charge in [0.25, 0.3) is 0 Å². The lowest BCUT2D eigenvalue weighted by Crippen LogP contribution is -2.08. The average Bonchev–Trinajstić information content (AvgIpc) is 2.27. The molecule has 1 unspecified atom stereocenters. The van der Waals surface area contributed by atoms with Gasteiger partial charge < -0.3 is 11.1 Å². The summed E-state index contributed by atoms with van der Waals surface area (Å²) < 4.78 is 0. The van der Waals surface area contributed by atoms with Gasteiger partial charge in [0.2, 0.25) is 0 Å². The summed E-state index contributed by atoms with van der Waals surface area (Å²) in [7, 11) is 0. The minimum atomic E-state index is 0.0177. The number of benzene rings is 1. The first-order chi connectivity index (χ1) is 8.56. The summed E-state index contributed by atoms with van der Waals surface area (Å²) >= 11 is 12.0. The van der Waals surface area contributed by atoms with E-state index in [4.69, 9.17) is 28.9 Å². The Morgan fingerprint density at radius 3 is 2.61 bits per heavy atom. The van der Waals surface area contributed by atoms with E-state index in [9.17, 15) is 0 Å². The van der Waals surface area contributed by atoms with Gasteiger partial charge in [0.05, 0.1) is 6.04 Å². The van der Waals surface area contributed by atoms with Crippen LogP contribution in [0.15, 0.2) is 36.4 Å². The Balaban J connectivity index is 2.21. The molecular formula is C13H13Cl2N3. The SMILES string of the molecule is CC(Nc1cc(N)cc(Cl)n1)c1ccccc1Cl. The van der Waals surface area contributed by atoms with Gasteiger partial charge in [-0.3, -0.25) is 0 Å². The van der Waals surface area contributed by atoms with Gasteiger partial charge in [-0.1, -0.05) is 41.4 Å². The molecule has 5 heteroatoms. The van der Waals surface area contributed by atoms with Crippen molar-refractivity contribution < 1.29 is 0 Å². The minimum Gasteiger partial charge on any atom is -0.399 e. The molecule has 2 aromatic rings. The van der Waals surface area contributed by atoms with E-state index in [1.165, 1.54) is 0 Å². The second-order valence-electron chi connectivity index (χ2n) is 4.00. The van der Waals surface area contributed by atoms with Crippen LogP contribution in [-0.4, -0.2) is 4.98 Å². The third-order valence-corrected chi connectivity index (χ3v) is 3.09. The van der Waals surface area contributed by atoms with Crippen LogP contribution >= 0.6 is 23.2 Å². The number of rotatable bonds is 3. The standard InChI is InChI=1S/C13H13Cl2N3/c1-8(10-4-2-3-5-11(10)14)17-13-7-9(16)6-12(15)18-13/h2-8H,1H3,(H3,16,17,18). The molecule has 18 heavy (non-hydrogen) atoms. The number of hydrogen-bond acceptors (Lipinski definition) is 3. The van der Waals surface area contributed by atoms with Crippen molar-refractivity contribution in [2.75, 3.05) is 11.1 Å². The zero-order chi connectivity index (χ0) is 13.1. The predicted octanol–water partition coefficient (Wildman–Crippen LogP) is 4.14. The molecule has 0 aliphatic heterocycles. The number of nitrogen functional groups attached to an aromatic ring is 1. The molecular weight excluding hydrogens is 269 g/mol. The summed E-state index contributed by atoms with van der Waals surface area (Å²) in [5.41, 5.74) is 7.29. The molecule has 0 fully saturated rings. The molecule has 0 aliphatic rings. The Hall–Kier alpha value is -1.45. The van der Waals surface area contributed by atoms with Gasteiger partial charge in [0, 0.05) is 16.8 Å².